The molecule has 0 bridgehead atoms. The molecule has 1 aromatic rings. The molecule has 0 fully saturated rings. The fraction of sp³-hybridized carbons (Fsp3) is 0.667. The number of halogens is 1. The third-order valence-electron chi connectivity index (χ3n) is 3.88. The summed E-state index contributed by atoms with van der Waals surface area (Å²) in [5.41, 5.74) is 2.05. The number of nitrogen functional groups attached to an aromatic ring is 1. The molecular weight excluding hydrogens is 506 g/mol. The van der Waals surface area contributed by atoms with Crippen molar-refractivity contribution in [3.05, 3.63) is 22.7 Å². The van der Waals surface area contributed by atoms with Gasteiger partial charge in [-0.05, 0) is 12.5 Å². The van der Waals surface area contributed by atoms with Crippen molar-refractivity contribution in [2.75, 3.05) is 19.5 Å². The molecule has 186 valence electrons. The first-order valence-electron chi connectivity index (χ1n) is 8.48. The lowest BCUT2D eigenvalue weighted by Crippen LogP contribution is -2.52. The van der Waals surface area contributed by atoms with Gasteiger partial charge in [-0.3, -0.25) is 9.09 Å². The largest absolute Gasteiger partial charge is 0.490 e. The highest BCUT2D eigenvalue weighted by Gasteiger charge is 2.47. The second-order valence-corrected chi connectivity index (χ2v) is 10.7. The Labute approximate surface area is 180 Å². The van der Waals surface area contributed by atoms with E-state index in [4.69, 9.17) is 20.3 Å². The molecule has 0 amide bonds. The van der Waals surface area contributed by atoms with Gasteiger partial charge in [0.15, 0.2) is 0 Å². The maximum absolute atomic E-state index is 14.9. The van der Waals surface area contributed by atoms with Crippen LogP contribution in [0.3, 0.4) is 0 Å². The number of phosphoric ester groups is 1. The minimum atomic E-state index is -5.79. The quantitative estimate of drug-likeness (QED) is 0.186. The maximum Gasteiger partial charge on any atom is 0.490 e. The van der Waals surface area contributed by atoms with E-state index in [2.05, 4.69) is 18.1 Å². The highest BCUT2D eigenvalue weighted by atomic mass is 31.3. The van der Waals surface area contributed by atoms with Crippen LogP contribution in [0.4, 0.5) is 10.2 Å². The minimum absolute atomic E-state index is 0.187. The first-order valence-corrected chi connectivity index (χ1v) is 13.0. The smallest absolute Gasteiger partial charge is 0.385 e. The highest BCUT2D eigenvalue weighted by molar-refractivity contribution is 7.66. The van der Waals surface area contributed by atoms with E-state index < -0.39 is 53.8 Å². The molecule has 20 heteroatoms. The van der Waals surface area contributed by atoms with E-state index in [0.717, 1.165) is 19.4 Å². The number of aliphatic hydroxyl groups is 1. The molecule has 2 unspecified atom stereocenters. The zero-order valence-corrected chi connectivity index (χ0v) is 19.3. The fourth-order valence-corrected chi connectivity index (χ4v) is 5.60. The molecule has 0 aliphatic rings. The number of ether oxygens (including phenoxy) is 1. The van der Waals surface area contributed by atoms with Crippen LogP contribution in [-0.2, 0) is 31.6 Å². The number of hydrogen-bond acceptors (Lipinski definition) is 11. The van der Waals surface area contributed by atoms with Crippen molar-refractivity contribution < 1.29 is 60.6 Å². The molecule has 0 aliphatic carbocycles. The Morgan fingerprint density at radius 2 is 1.81 bits per heavy atom. The summed E-state index contributed by atoms with van der Waals surface area (Å²) in [6.07, 6.45) is -3.87. The predicted molar refractivity (Wildman–Crippen MR) is 104 cm³/mol. The average molecular weight is 529 g/mol. The Bertz CT molecular complexity index is 986. The van der Waals surface area contributed by atoms with Gasteiger partial charge in [-0.2, -0.15) is 13.6 Å². The van der Waals surface area contributed by atoms with Gasteiger partial charge in [-0.25, -0.2) is 22.9 Å². The molecule has 1 aromatic heterocycles. The van der Waals surface area contributed by atoms with E-state index in [-0.39, 0.29) is 18.7 Å². The lowest BCUT2D eigenvalue weighted by molar-refractivity contribution is -0.165. The van der Waals surface area contributed by atoms with Gasteiger partial charge in [0.25, 0.3) is 0 Å². The SMILES string of the molecule is CCC[C@](COP(=O)(O)OP(=O)(O)OP(=O)(O)O)(OC)[C@@H](O)[C@@H](F)n1ccc(N)nc1=O. The summed E-state index contributed by atoms with van der Waals surface area (Å²) >= 11 is 0. The summed E-state index contributed by atoms with van der Waals surface area (Å²) < 4.78 is 66.1. The molecule has 5 atom stereocenters. The number of alkyl halides is 1. The number of methoxy groups -OCH3 is 1. The van der Waals surface area contributed by atoms with Gasteiger partial charge in [-0.1, -0.05) is 13.3 Å². The van der Waals surface area contributed by atoms with Crippen molar-refractivity contribution in [2.45, 2.75) is 37.8 Å². The summed E-state index contributed by atoms with van der Waals surface area (Å²) in [6.45, 7) is 0.426. The molecular formula is C12H23FN3O13P3. The van der Waals surface area contributed by atoms with E-state index in [1.807, 2.05) is 0 Å². The van der Waals surface area contributed by atoms with Crippen LogP contribution >= 0.6 is 23.5 Å². The maximum atomic E-state index is 14.9. The van der Waals surface area contributed by atoms with Crippen molar-refractivity contribution in [3.63, 3.8) is 0 Å². The van der Waals surface area contributed by atoms with Gasteiger partial charge in [-0.15, -0.1) is 0 Å². The third-order valence-corrected chi connectivity index (χ3v) is 7.67. The minimum Gasteiger partial charge on any atom is -0.385 e. The monoisotopic (exact) mass is 529 g/mol. The Hall–Kier alpha value is -1.06. The van der Waals surface area contributed by atoms with Crippen LogP contribution in [0.15, 0.2) is 17.1 Å². The average Bonchev–Trinajstić information content (AvgIpc) is 2.61. The van der Waals surface area contributed by atoms with Crippen LogP contribution in [0.1, 0.15) is 26.1 Å². The van der Waals surface area contributed by atoms with E-state index >= 15 is 0 Å². The van der Waals surface area contributed by atoms with Crippen LogP contribution in [0.25, 0.3) is 0 Å². The van der Waals surface area contributed by atoms with Crippen LogP contribution in [-0.4, -0.2) is 59.7 Å². The van der Waals surface area contributed by atoms with Crippen molar-refractivity contribution >= 4 is 29.3 Å². The number of anilines is 1. The van der Waals surface area contributed by atoms with E-state index in [1.165, 1.54) is 0 Å². The second kappa shape index (κ2) is 10.9. The molecule has 1 heterocycles. The second-order valence-electron chi connectivity index (χ2n) is 6.24. The zero-order valence-electron chi connectivity index (χ0n) is 16.6. The summed E-state index contributed by atoms with van der Waals surface area (Å²) in [5, 5.41) is 10.5. The zero-order chi connectivity index (χ0) is 25.0. The summed E-state index contributed by atoms with van der Waals surface area (Å²) in [4.78, 5) is 51.0. The van der Waals surface area contributed by atoms with Gasteiger partial charge < -0.3 is 35.2 Å². The van der Waals surface area contributed by atoms with Crippen molar-refractivity contribution in [3.8, 4) is 0 Å². The normalized spacial score (nSPS) is 20.0. The lowest BCUT2D eigenvalue weighted by atomic mass is 9.91. The van der Waals surface area contributed by atoms with Gasteiger partial charge in [0.1, 0.15) is 17.5 Å². The Morgan fingerprint density at radius 3 is 2.28 bits per heavy atom. The van der Waals surface area contributed by atoms with Gasteiger partial charge >= 0.3 is 29.2 Å². The van der Waals surface area contributed by atoms with Crippen LogP contribution in [0.5, 0.6) is 0 Å². The van der Waals surface area contributed by atoms with E-state index in [1.54, 1.807) is 6.92 Å². The van der Waals surface area contributed by atoms with Crippen molar-refractivity contribution in [1.82, 2.24) is 9.55 Å². The third kappa shape index (κ3) is 8.37. The van der Waals surface area contributed by atoms with E-state index in [9.17, 15) is 37.8 Å². The Balaban J connectivity index is 3.13. The molecule has 0 spiro atoms. The van der Waals surface area contributed by atoms with Crippen LogP contribution < -0.4 is 11.4 Å². The Morgan fingerprint density at radius 1 is 1.22 bits per heavy atom. The van der Waals surface area contributed by atoms with Crippen LogP contribution in [0, 0.1) is 0 Å². The number of hydrogen-bond donors (Lipinski definition) is 6. The number of aliphatic hydroxyl groups excluding tert-OH is 1. The summed E-state index contributed by atoms with van der Waals surface area (Å²) in [5.74, 6) is -0.216. The summed E-state index contributed by atoms with van der Waals surface area (Å²) in [7, 11) is -16.0. The summed E-state index contributed by atoms with van der Waals surface area (Å²) in [6, 6.07) is 1.07. The molecule has 0 aromatic carbocycles. The fourth-order valence-electron chi connectivity index (χ4n) is 2.52. The molecule has 32 heavy (non-hydrogen) atoms. The van der Waals surface area contributed by atoms with Gasteiger partial charge in [0.05, 0.1) is 6.61 Å². The molecule has 16 nitrogen and oxygen atoms in total. The molecule has 0 aliphatic heterocycles. The number of nitrogens with zero attached hydrogens (tertiary/aromatic N) is 2. The van der Waals surface area contributed by atoms with Gasteiger partial charge in [0, 0.05) is 13.3 Å². The molecule has 0 radical (unpaired) electrons. The van der Waals surface area contributed by atoms with E-state index in [0.29, 0.717) is 4.57 Å². The molecule has 0 saturated carbocycles. The number of rotatable bonds is 13. The predicted octanol–water partition coefficient (Wildman–Crippen LogP) is 0.183. The van der Waals surface area contributed by atoms with Crippen molar-refractivity contribution in [1.29, 1.82) is 0 Å². The lowest BCUT2D eigenvalue weighted by Gasteiger charge is -2.38. The molecule has 0 saturated heterocycles. The number of nitrogens with two attached hydrogens (primary N) is 1. The Kier molecular flexibility index (Phi) is 9.88. The first-order chi connectivity index (χ1) is 14.5. The van der Waals surface area contributed by atoms with Crippen LogP contribution in [0.2, 0.25) is 0 Å². The molecule has 7 N–H and O–H groups in total. The number of phosphoric acid groups is 3. The topological polar surface area (TPSA) is 250 Å². The van der Waals surface area contributed by atoms with Gasteiger partial charge in [0.2, 0.25) is 6.30 Å². The first kappa shape index (κ1) is 29.0. The number of aromatic nitrogens is 2. The standard InChI is InChI=1S/C12H23FN3O13P3/c1-3-5-12(26-2,9(17)10(13)16-6-4-8(14)15-11(16)18)7-27-31(22,23)29-32(24,25)28-30(19,20)21/h4,6,9-10,17H,3,5,7H2,1-2H3,(H,22,23)(H,24,25)(H2,14,15,18)(H2,19,20,21)/t9-,10-,12+/m0/s1. The van der Waals surface area contributed by atoms with Crippen molar-refractivity contribution in [2.24, 2.45) is 0 Å². The molecule has 1 rings (SSSR count). The highest BCUT2D eigenvalue weighted by Crippen LogP contribution is 2.66.